The Hall–Kier alpha value is -0.160. The van der Waals surface area contributed by atoms with Crippen LogP contribution in [0.2, 0.25) is 10.0 Å². The zero-order valence-corrected chi connectivity index (χ0v) is 10.7. The van der Waals surface area contributed by atoms with Gasteiger partial charge in [0.25, 0.3) is 0 Å². The van der Waals surface area contributed by atoms with Gasteiger partial charge in [-0.25, -0.2) is 4.98 Å². The second-order valence-corrected chi connectivity index (χ2v) is 5.21. The molecule has 0 bridgehead atoms. The van der Waals surface area contributed by atoms with Crippen LogP contribution in [0.4, 0.5) is 5.82 Å². The fourth-order valence-corrected chi connectivity index (χ4v) is 2.29. The van der Waals surface area contributed by atoms with Gasteiger partial charge >= 0.3 is 0 Å². The number of anilines is 1. The molecule has 1 rings (SSSR count). The van der Waals surface area contributed by atoms with Crippen LogP contribution in [0.15, 0.2) is 11.1 Å². The molecule has 0 saturated heterocycles. The highest BCUT2D eigenvalue weighted by molar-refractivity contribution is 8.00. The summed E-state index contributed by atoms with van der Waals surface area (Å²) in [5.41, 5.74) is 0. The Morgan fingerprint density at radius 2 is 2.20 bits per heavy atom. The van der Waals surface area contributed by atoms with Crippen molar-refractivity contribution in [1.82, 2.24) is 4.98 Å². The van der Waals surface area contributed by atoms with Crippen LogP contribution in [0.1, 0.15) is 6.92 Å². The molecule has 1 aromatic heterocycles. The Morgan fingerprint density at radius 3 is 2.73 bits per heavy atom. The van der Waals surface area contributed by atoms with Gasteiger partial charge in [0.1, 0.15) is 10.8 Å². The topological polar surface area (TPSA) is 45.2 Å². The van der Waals surface area contributed by atoms with Crippen LogP contribution in [0.3, 0.4) is 0 Å². The molecule has 3 nitrogen and oxygen atoms in total. The number of rotatable bonds is 4. The first-order valence-electron chi connectivity index (χ1n) is 4.39. The van der Waals surface area contributed by atoms with E-state index in [0.29, 0.717) is 20.9 Å². The number of aliphatic hydroxyl groups excluding tert-OH is 1. The summed E-state index contributed by atoms with van der Waals surface area (Å²) < 4.78 is 0. The molecule has 1 heterocycles. The number of nitrogens with zero attached hydrogens (tertiary/aromatic N) is 1. The summed E-state index contributed by atoms with van der Waals surface area (Å²) in [4.78, 5) is 4.26. The maximum atomic E-state index is 8.93. The highest BCUT2D eigenvalue weighted by atomic mass is 35.5. The van der Waals surface area contributed by atoms with Gasteiger partial charge in [0, 0.05) is 12.3 Å². The van der Waals surface area contributed by atoms with E-state index in [1.54, 1.807) is 13.1 Å². The van der Waals surface area contributed by atoms with E-state index in [1.807, 2.05) is 6.92 Å². The van der Waals surface area contributed by atoms with Gasteiger partial charge in [0.2, 0.25) is 0 Å². The molecule has 1 atom stereocenters. The Morgan fingerprint density at radius 1 is 1.53 bits per heavy atom. The lowest BCUT2D eigenvalue weighted by Crippen LogP contribution is -2.03. The third kappa shape index (κ3) is 3.41. The monoisotopic (exact) mass is 266 g/mol. The molecule has 0 saturated carbocycles. The van der Waals surface area contributed by atoms with Gasteiger partial charge in [-0.2, -0.15) is 0 Å². The van der Waals surface area contributed by atoms with Crippen molar-refractivity contribution in [1.29, 1.82) is 0 Å². The van der Waals surface area contributed by atoms with Crippen molar-refractivity contribution < 1.29 is 5.11 Å². The number of hydrogen-bond donors (Lipinski definition) is 2. The maximum absolute atomic E-state index is 8.93. The van der Waals surface area contributed by atoms with Gasteiger partial charge in [-0.15, -0.1) is 0 Å². The SMILES string of the molecule is CNc1nc(SC(C)CO)c(Cl)cc1Cl. The average molecular weight is 267 g/mol. The Kier molecular flexibility index (Phi) is 4.99. The molecule has 0 fully saturated rings. The number of thioether (sulfide) groups is 1. The zero-order chi connectivity index (χ0) is 11.4. The van der Waals surface area contributed by atoms with Crippen molar-refractivity contribution in [2.24, 2.45) is 0 Å². The Balaban J connectivity index is 2.97. The molecule has 0 amide bonds. The second-order valence-electron chi connectivity index (χ2n) is 2.97. The van der Waals surface area contributed by atoms with E-state index in [-0.39, 0.29) is 11.9 Å². The second kappa shape index (κ2) is 5.80. The van der Waals surface area contributed by atoms with Gasteiger partial charge < -0.3 is 10.4 Å². The molecule has 1 unspecified atom stereocenters. The Bertz CT molecular complexity index is 349. The smallest absolute Gasteiger partial charge is 0.145 e. The molecular formula is C9H12Cl2N2OS. The van der Waals surface area contributed by atoms with Crippen molar-refractivity contribution in [2.45, 2.75) is 17.2 Å². The van der Waals surface area contributed by atoms with E-state index in [0.717, 1.165) is 0 Å². The molecule has 84 valence electrons. The Labute approximate surface area is 103 Å². The highest BCUT2D eigenvalue weighted by Crippen LogP contribution is 2.33. The van der Waals surface area contributed by atoms with Crippen LogP contribution in [-0.2, 0) is 0 Å². The van der Waals surface area contributed by atoms with Crippen LogP contribution < -0.4 is 5.32 Å². The molecule has 0 aromatic carbocycles. The third-order valence-corrected chi connectivity index (χ3v) is 3.48. The minimum absolute atomic E-state index is 0.0564. The van der Waals surface area contributed by atoms with E-state index in [9.17, 15) is 0 Å². The number of pyridine rings is 1. The lowest BCUT2D eigenvalue weighted by Gasteiger charge is -2.10. The number of hydrogen-bond acceptors (Lipinski definition) is 4. The van der Waals surface area contributed by atoms with Gasteiger partial charge in [0.05, 0.1) is 16.7 Å². The van der Waals surface area contributed by atoms with Gasteiger partial charge in [-0.1, -0.05) is 41.9 Å². The molecule has 0 radical (unpaired) electrons. The molecule has 0 aliphatic rings. The van der Waals surface area contributed by atoms with Crippen molar-refractivity contribution in [3.63, 3.8) is 0 Å². The first-order valence-corrected chi connectivity index (χ1v) is 6.03. The number of aliphatic hydroxyl groups is 1. The molecule has 0 spiro atoms. The van der Waals surface area contributed by atoms with E-state index in [1.165, 1.54) is 11.8 Å². The first kappa shape index (κ1) is 12.9. The molecular weight excluding hydrogens is 255 g/mol. The van der Waals surface area contributed by atoms with Gasteiger partial charge in [0.15, 0.2) is 0 Å². The largest absolute Gasteiger partial charge is 0.395 e. The van der Waals surface area contributed by atoms with Crippen LogP contribution >= 0.6 is 35.0 Å². The third-order valence-electron chi connectivity index (χ3n) is 1.70. The van der Waals surface area contributed by atoms with Crippen LogP contribution in [0.25, 0.3) is 0 Å². The first-order chi connectivity index (χ1) is 7.08. The highest BCUT2D eigenvalue weighted by Gasteiger charge is 2.11. The molecule has 1 aromatic rings. The van der Waals surface area contributed by atoms with Crippen LogP contribution in [-0.4, -0.2) is 29.0 Å². The fourth-order valence-electron chi connectivity index (χ4n) is 0.936. The molecule has 0 aliphatic heterocycles. The quantitative estimate of drug-likeness (QED) is 0.823. The van der Waals surface area contributed by atoms with E-state index >= 15 is 0 Å². The van der Waals surface area contributed by atoms with Crippen LogP contribution in [0.5, 0.6) is 0 Å². The number of nitrogens with one attached hydrogen (secondary N) is 1. The van der Waals surface area contributed by atoms with E-state index < -0.39 is 0 Å². The van der Waals surface area contributed by atoms with E-state index in [2.05, 4.69) is 10.3 Å². The summed E-state index contributed by atoms with van der Waals surface area (Å²) in [6.45, 7) is 1.98. The lowest BCUT2D eigenvalue weighted by molar-refractivity contribution is 0.300. The predicted molar refractivity (Wildman–Crippen MR) is 66.2 cm³/mol. The summed E-state index contributed by atoms with van der Waals surface area (Å²) in [6, 6.07) is 1.65. The summed E-state index contributed by atoms with van der Waals surface area (Å²) in [6.07, 6.45) is 0. The fraction of sp³-hybridized carbons (Fsp3) is 0.444. The summed E-state index contributed by atoms with van der Waals surface area (Å²) in [5, 5.41) is 13.5. The molecule has 0 aliphatic carbocycles. The van der Waals surface area contributed by atoms with E-state index in [4.69, 9.17) is 28.3 Å². The van der Waals surface area contributed by atoms with Gasteiger partial charge in [-0.05, 0) is 6.07 Å². The number of halogens is 2. The summed E-state index contributed by atoms with van der Waals surface area (Å²) in [7, 11) is 1.74. The normalized spacial score (nSPS) is 12.6. The minimum atomic E-state index is 0.0564. The molecule has 6 heteroatoms. The van der Waals surface area contributed by atoms with Crippen molar-refractivity contribution in [3.05, 3.63) is 16.1 Å². The van der Waals surface area contributed by atoms with Crippen LogP contribution in [0, 0.1) is 0 Å². The van der Waals surface area contributed by atoms with Crippen molar-refractivity contribution in [3.8, 4) is 0 Å². The standard InChI is InChI=1S/C9H12Cl2N2OS/c1-5(4-14)15-9-7(11)3-6(10)8(12-2)13-9/h3,5,14H,4H2,1-2H3,(H,12,13). The predicted octanol–water partition coefficient (Wildman–Crippen LogP) is 2.90. The molecule has 15 heavy (non-hydrogen) atoms. The van der Waals surface area contributed by atoms with Crippen molar-refractivity contribution in [2.75, 3.05) is 19.0 Å². The maximum Gasteiger partial charge on any atom is 0.145 e. The van der Waals surface area contributed by atoms with Gasteiger partial charge in [-0.3, -0.25) is 0 Å². The minimum Gasteiger partial charge on any atom is -0.395 e. The van der Waals surface area contributed by atoms with Crippen molar-refractivity contribution >= 4 is 40.8 Å². The average Bonchev–Trinajstić information content (AvgIpc) is 2.21. The molecule has 2 N–H and O–H groups in total. The number of aromatic nitrogens is 1. The zero-order valence-electron chi connectivity index (χ0n) is 8.42. The lowest BCUT2D eigenvalue weighted by atomic mass is 10.4. The summed E-state index contributed by atoms with van der Waals surface area (Å²) >= 11 is 13.3. The summed E-state index contributed by atoms with van der Waals surface area (Å²) in [5.74, 6) is 0.591.